The summed E-state index contributed by atoms with van der Waals surface area (Å²) in [6.07, 6.45) is 10.8. The quantitative estimate of drug-likeness (QED) is 0.171. The third-order valence-electron chi connectivity index (χ3n) is 9.80. The minimum Gasteiger partial charge on any atom is -0.393 e. The van der Waals surface area contributed by atoms with Gasteiger partial charge in [-0.25, -0.2) is 4.79 Å². The standard InChI is InChI=1S/C27H45N3O3/c1-17(2)28-14-15-29-25(32)33-30-18(3)22-8-9-23-21-7-6-19-16-20(31)10-12-26(19,4)24(21)11-13-27(22,23)5/h6,17,20-24,28,31H,7-16H2,1-5H3,(H,29,32)/b30-18+/t20-,21-,22+,23-,24-,26-,27+/m0/s1. The monoisotopic (exact) mass is 459 g/mol. The normalized spacial score (nSPS) is 40.5. The molecule has 0 aromatic carbocycles. The zero-order valence-electron chi connectivity index (χ0n) is 21.3. The predicted molar refractivity (Wildman–Crippen MR) is 132 cm³/mol. The molecule has 4 rings (SSSR count). The van der Waals surface area contributed by atoms with E-state index < -0.39 is 6.09 Å². The molecule has 1 amide bonds. The highest BCUT2D eigenvalue weighted by Crippen LogP contribution is 2.66. The summed E-state index contributed by atoms with van der Waals surface area (Å²) in [4.78, 5) is 17.3. The second-order valence-corrected chi connectivity index (χ2v) is 12.0. The molecule has 0 heterocycles. The van der Waals surface area contributed by atoms with Gasteiger partial charge in [-0.1, -0.05) is 44.5 Å². The van der Waals surface area contributed by atoms with Crippen molar-refractivity contribution in [3.63, 3.8) is 0 Å². The number of carbonyl (C=O) groups is 1. The fraction of sp³-hybridized carbons (Fsp3) is 0.852. The molecule has 6 nitrogen and oxygen atoms in total. The van der Waals surface area contributed by atoms with Gasteiger partial charge in [-0.2, -0.15) is 0 Å². The first-order valence-corrected chi connectivity index (χ1v) is 13.3. The molecule has 7 atom stereocenters. The van der Waals surface area contributed by atoms with Crippen molar-refractivity contribution in [1.29, 1.82) is 0 Å². The second kappa shape index (κ2) is 9.69. The van der Waals surface area contributed by atoms with E-state index in [-0.39, 0.29) is 16.9 Å². The van der Waals surface area contributed by atoms with E-state index in [2.05, 4.69) is 49.6 Å². The SMILES string of the molecule is C/C(=N\OC(=O)NCCNC(C)C)[C@H]1CC[C@H]2[C@@H]3CC=C4C[C@@H](O)CC[C@]4(C)[C@H]3CC[C@]12C. The number of aliphatic hydroxyl groups is 1. The van der Waals surface area contributed by atoms with Gasteiger partial charge in [-0.05, 0) is 86.9 Å². The fourth-order valence-corrected chi connectivity index (χ4v) is 8.06. The second-order valence-electron chi connectivity index (χ2n) is 12.0. The van der Waals surface area contributed by atoms with Crippen molar-refractivity contribution < 1.29 is 14.7 Å². The van der Waals surface area contributed by atoms with Crippen LogP contribution in [0.2, 0.25) is 0 Å². The van der Waals surface area contributed by atoms with Crippen LogP contribution in [-0.4, -0.2) is 42.1 Å². The third-order valence-corrected chi connectivity index (χ3v) is 9.80. The zero-order valence-corrected chi connectivity index (χ0v) is 21.3. The maximum absolute atomic E-state index is 12.1. The smallest absolute Gasteiger partial charge is 0.393 e. The van der Waals surface area contributed by atoms with Gasteiger partial charge in [-0.15, -0.1) is 0 Å². The molecule has 33 heavy (non-hydrogen) atoms. The van der Waals surface area contributed by atoms with Crippen LogP contribution < -0.4 is 10.6 Å². The molecule has 3 fully saturated rings. The molecule has 3 saturated carbocycles. The van der Waals surface area contributed by atoms with E-state index in [9.17, 15) is 9.90 Å². The molecule has 6 heteroatoms. The zero-order chi connectivity index (χ0) is 23.8. The predicted octanol–water partition coefficient (Wildman–Crippen LogP) is 5.03. The Morgan fingerprint density at radius 2 is 1.97 bits per heavy atom. The van der Waals surface area contributed by atoms with Crippen molar-refractivity contribution in [2.24, 2.45) is 39.7 Å². The number of fused-ring (bicyclic) bond motifs is 5. The lowest BCUT2D eigenvalue weighted by atomic mass is 9.47. The summed E-state index contributed by atoms with van der Waals surface area (Å²) >= 11 is 0. The number of aliphatic hydroxyl groups excluding tert-OH is 1. The van der Waals surface area contributed by atoms with E-state index in [0.717, 1.165) is 49.7 Å². The molecule has 0 spiro atoms. The van der Waals surface area contributed by atoms with Gasteiger partial charge in [0.2, 0.25) is 0 Å². The summed E-state index contributed by atoms with van der Waals surface area (Å²) in [5.41, 5.74) is 3.00. The van der Waals surface area contributed by atoms with Crippen LogP contribution in [0.15, 0.2) is 16.8 Å². The highest BCUT2D eigenvalue weighted by molar-refractivity contribution is 5.85. The van der Waals surface area contributed by atoms with Crippen molar-refractivity contribution in [3.8, 4) is 0 Å². The molecular weight excluding hydrogens is 414 g/mol. The maximum Gasteiger partial charge on any atom is 0.433 e. The van der Waals surface area contributed by atoms with E-state index in [1.165, 1.54) is 24.8 Å². The topological polar surface area (TPSA) is 83.0 Å². The Bertz CT molecular complexity index is 793. The van der Waals surface area contributed by atoms with Gasteiger partial charge in [0.25, 0.3) is 0 Å². The van der Waals surface area contributed by atoms with Crippen LogP contribution in [0.4, 0.5) is 4.79 Å². The summed E-state index contributed by atoms with van der Waals surface area (Å²) in [5, 5.41) is 20.5. The van der Waals surface area contributed by atoms with E-state index in [1.54, 1.807) is 0 Å². The first-order valence-electron chi connectivity index (χ1n) is 13.3. The van der Waals surface area contributed by atoms with Crippen LogP contribution >= 0.6 is 0 Å². The van der Waals surface area contributed by atoms with Crippen LogP contribution in [0, 0.1) is 34.5 Å². The van der Waals surface area contributed by atoms with Gasteiger partial charge in [-0.3, -0.25) is 4.84 Å². The summed E-state index contributed by atoms with van der Waals surface area (Å²) in [7, 11) is 0. The number of nitrogens with zero attached hydrogens (tertiary/aromatic N) is 1. The molecule has 0 aromatic rings. The average molecular weight is 460 g/mol. The lowest BCUT2D eigenvalue weighted by molar-refractivity contribution is -0.0425. The number of allylic oxidation sites excluding steroid dienone is 1. The molecule has 4 aliphatic rings. The minimum atomic E-state index is -0.472. The highest BCUT2D eigenvalue weighted by Gasteiger charge is 2.59. The molecule has 4 aliphatic carbocycles. The number of hydrogen-bond donors (Lipinski definition) is 3. The van der Waals surface area contributed by atoms with E-state index in [4.69, 9.17) is 4.84 Å². The third kappa shape index (κ3) is 4.75. The summed E-state index contributed by atoms with van der Waals surface area (Å²) in [6.45, 7) is 12.4. The van der Waals surface area contributed by atoms with Crippen molar-refractivity contribution in [3.05, 3.63) is 11.6 Å². The van der Waals surface area contributed by atoms with Gasteiger partial charge in [0.1, 0.15) is 0 Å². The first-order chi connectivity index (χ1) is 15.6. The largest absolute Gasteiger partial charge is 0.433 e. The van der Waals surface area contributed by atoms with Gasteiger partial charge in [0, 0.05) is 25.0 Å². The lowest BCUT2D eigenvalue weighted by Gasteiger charge is -2.58. The summed E-state index contributed by atoms with van der Waals surface area (Å²) in [5.74, 6) is 2.54. The molecule has 0 bridgehead atoms. The Balaban J connectivity index is 1.39. The molecular formula is C27H45N3O3. The molecule has 3 N–H and O–H groups in total. The molecule has 0 aromatic heterocycles. The molecule has 0 radical (unpaired) electrons. The highest BCUT2D eigenvalue weighted by atomic mass is 16.7. The Morgan fingerprint density at radius 3 is 2.73 bits per heavy atom. The number of nitrogens with one attached hydrogen (secondary N) is 2. The van der Waals surface area contributed by atoms with Crippen LogP contribution in [0.3, 0.4) is 0 Å². The van der Waals surface area contributed by atoms with Crippen molar-refractivity contribution in [2.45, 2.75) is 98.1 Å². The van der Waals surface area contributed by atoms with Crippen LogP contribution in [0.25, 0.3) is 0 Å². The van der Waals surface area contributed by atoms with Crippen LogP contribution in [0.1, 0.15) is 86.0 Å². The molecule has 0 saturated heterocycles. The molecule has 186 valence electrons. The lowest BCUT2D eigenvalue weighted by Crippen LogP contribution is -2.50. The van der Waals surface area contributed by atoms with Crippen molar-refractivity contribution >= 4 is 11.8 Å². The van der Waals surface area contributed by atoms with E-state index in [1.807, 2.05) is 6.92 Å². The Labute approximate surface area is 200 Å². The average Bonchev–Trinajstić information content (AvgIpc) is 3.12. The molecule has 0 unspecified atom stereocenters. The Morgan fingerprint density at radius 1 is 1.18 bits per heavy atom. The molecule has 0 aliphatic heterocycles. The van der Waals surface area contributed by atoms with Crippen LogP contribution in [0.5, 0.6) is 0 Å². The Hall–Kier alpha value is -1.40. The summed E-state index contributed by atoms with van der Waals surface area (Å²) in [6, 6.07) is 0.396. The van der Waals surface area contributed by atoms with Crippen LogP contribution in [-0.2, 0) is 4.84 Å². The number of rotatable bonds is 6. The fourth-order valence-electron chi connectivity index (χ4n) is 8.06. The van der Waals surface area contributed by atoms with Gasteiger partial charge < -0.3 is 15.7 Å². The number of carbonyl (C=O) groups excluding carboxylic acids is 1. The van der Waals surface area contributed by atoms with E-state index >= 15 is 0 Å². The number of hydrogen-bond acceptors (Lipinski definition) is 5. The van der Waals surface area contributed by atoms with Crippen molar-refractivity contribution in [2.75, 3.05) is 13.1 Å². The summed E-state index contributed by atoms with van der Waals surface area (Å²) < 4.78 is 0. The van der Waals surface area contributed by atoms with E-state index in [0.29, 0.717) is 31.0 Å². The maximum atomic E-state index is 12.1. The van der Waals surface area contributed by atoms with Gasteiger partial charge >= 0.3 is 6.09 Å². The first kappa shape index (κ1) is 24.7. The number of oxime groups is 1. The van der Waals surface area contributed by atoms with Crippen molar-refractivity contribution in [1.82, 2.24) is 10.6 Å². The number of amides is 1. The Kier molecular flexibility index (Phi) is 7.26. The minimum absolute atomic E-state index is 0.145. The van der Waals surface area contributed by atoms with Gasteiger partial charge in [0.05, 0.1) is 11.8 Å². The van der Waals surface area contributed by atoms with Gasteiger partial charge in [0.15, 0.2) is 0 Å².